The van der Waals surface area contributed by atoms with Gasteiger partial charge in [0.25, 0.3) is 5.78 Å². The number of carbonyl (C=O) groups is 1. The molecule has 0 radical (unpaired) electrons. The highest BCUT2D eigenvalue weighted by Gasteiger charge is 1.81. The van der Waals surface area contributed by atoms with Gasteiger partial charge in [0.2, 0.25) is 0 Å². The molecule has 0 aliphatic rings. The second kappa shape index (κ2) is 1.79. The van der Waals surface area contributed by atoms with Crippen molar-refractivity contribution in [1.29, 1.82) is 0 Å². The van der Waals surface area contributed by atoms with Crippen molar-refractivity contribution in [3.05, 3.63) is 12.7 Å². The van der Waals surface area contributed by atoms with E-state index in [1.54, 1.807) is 0 Å². The number of Topliss-reactive ketones (excluding diaryl/α,β-unsaturated/α-hetero) is 1. The average Bonchev–Trinajstić information content (AvgIpc) is 1.38. The van der Waals surface area contributed by atoms with Crippen LogP contribution in [0.5, 0.6) is 0 Å². The maximum absolute atomic E-state index is 9.51. The van der Waals surface area contributed by atoms with E-state index in [4.69, 9.17) is 5.73 Å². The highest BCUT2D eigenvalue weighted by Crippen LogP contribution is 1.61. The second-order valence-electron chi connectivity index (χ2n) is 0.715. The molecule has 0 aromatic rings. The molecule has 28 valence electrons. The molecule has 0 fully saturated rings. The van der Waals surface area contributed by atoms with E-state index in [0.717, 1.165) is 0 Å². The van der Waals surface area contributed by atoms with Crippen molar-refractivity contribution >= 4 is 5.78 Å². The molecule has 1 N–H and O–H groups in total. The van der Waals surface area contributed by atoms with E-state index in [2.05, 4.69) is 6.92 Å². The first-order chi connectivity index (χ1) is 2.27. The van der Waals surface area contributed by atoms with Crippen molar-refractivity contribution in [2.24, 2.45) is 0 Å². The van der Waals surface area contributed by atoms with Crippen LogP contribution in [0, 0.1) is 6.92 Å². The molecule has 0 atom stereocenters. The molecule has 0 spiro atoms. The van der Waals surface area contributed by atoms with Gasteiger partial charge in [-0.1, -0.05) is 0 Å². The molecule has 2 heteroatoms. The molecule has 0 rings (SSSR count). The van der Waals surface area contributed by atoms with Crippen LogP contribution >= 0.6 is 0 Å². The molecule has 0 bridgehead atoms. The van der Waals surface area contributed by atoms with Crippen LogP contribution in [0.4, 0.5) is 0 Å². The summed E-state index contributed by atoms with van der Waals surface area (Å²) in [6.07, 6.45) is 0. The van der Waals surface area contributed by atoms with E-state index in [1.807, 2.05) is 0 Å². The van der Waals surface area contributed by atoms with Gasteiger partial charge in [-0.05, 0) is 6.54 Å². The first-order valence-electron chi connectivity index (χ1n) is 1.26. The summed E-state index contributed by atoms with van der Waals surface area (Å²) in [5, 5.41) is 0. The zero-order valence-electron chi connectivity index (χ0n) is 2.82. The van der Waals surface area contributed by atoms with Crippen LogP contribution in [0.25, 0.3) is 5.73 Å². The van der Waals surface area contributed by atoms with Crippen LogP contribution in [-0.2, 0) is 4.79 Å². The van der Waals surface area contributed by atoms with Crippen LogP contribution in [0.15, 0.2) is 0 Å². The molecule has 0 heterocycles. The van der Waals surface area contributed by atoms with E-state index < -0.39 is 0 Å². The van der Waals surface area contributed by atoms with E-state index >= 15 is 0 Å². The minimum Gasteiger partial charge on any atom is -0.667 e. The van der Waals surface area contributed by atoms with Crippen LogP contribution < -0.4 is 0 Å². The lowest BCUT2D eigenvalue weighted by Gasteiger charge is -1.77. The van der Waals surface area contributed by atoms with Gasteiger partial charge < -0.3 is 5.73 Å². The van der Waals surface area contributed by atoms with Gasteiger partial charge in [-0.3, -0.25) is 0 Å². The summed E-state index contributed by atoms with van der Waals surface area (Å²) in [5.74, 6) is -0.329. The first kappa shape index (κ1) is 4.50. The second-order valence-corrected chi connectivity index (χ2v) is 0.715. The Morgan fingerprint density at radius 3 is 2.20 bits per heavy atom. The smallest absolute Gasteiger partial charge is 0.283 e. The summed E-state index contributed by atoms with van der Waals surface area (Å²) in [7, 11) is 0. The van der Waals surface area contributed by atoms with E-state index in [-0.39, 0.29) is 12.3 Å². The zero-order valence-corrected chi connectivity index (χ0v) is 2.82. The highest BCUT2D eigenvalue weighted by atomic mass is 16.1. The molecule has 0 aliphatic carbocycles. The van der Waals surface area contributed by atoms with Gasteiger partial charge in [0.15, 0.2) is 0 Å². The summed E-state index contributed by atoms with van der Waals surface area (Å²) < 4.78 is 0. The average molecular weight is 71.1 g/mol. The molecule has 0 amide bonds. The highest BCUT2D eigenvalue weighted by molar-refractivity contribution is 5.85. The topological polar surface area (TPSA) is 40.9 Å². The van der Waals surface area contributed by atoms with Crippen LogP contribution in [0.3, 0.4) is 0 Å². The van der Waals surface area contributed by atoms with Gasteiger partial charge in [-0.15, -0.1) is 0 Å². The fourth-order valence-electron chi connectivity index (χ4n) is 0. The number of hydrogen-bond acceptors (Lipinski definition) is 1. The van der Waals surface area contributed by atoms with Crippen molar-refractivity contribution < 1.29 is 4.79 Å². The third-order valence-corrected chi connectivity index (χ3v) is 0.197. The maximum Gasteiger partial charge on any atom is 0.283 e. The predicted molar refractivity (Wildman–Crippen MR) is 19.6 cm³/mol. The lowest BCUT2D eigenvalue weighted by molar-refractivity contribution is -0.113. The summed E-state index contributed by atoms with van der Waals surface area (Å²) in [5.41, 5.74) is 6.25. The van der Waals surface area contributed by atoms with Crippen LogP contribution in [0.1, 0.15) is 0 Å². The number of rotatable bonds is 1. The fraction of sp³-hybridized carbons (Fsp3) is 0.333. The normalized spacial score (nSPS) is 7.40. The Hall–Kier alpha value is -0.500. The third kappa shape index (κ3) is 3.50. The zero-order chi connectivity index (χ0) is 4.28. The van der Waals surface area contributed by atoms with Crippen molar-refractivity contribution in [2.75, 3.05) is 6.54 Å². The van der Waals surface area contributed by atoms with Crippen molar-refractivity contribution in [3.8, 4) is 0 Å². The van der Waals surface area contributed by atoms with Crippen molar-refractivity contribution in [1.82, 2.24) is 0 Å². The molecular formula is C3H5NO. The van der Waals surface area contributed by atoms with E-state index in [9.17, 15) is 4.79 Å². The van der Waals surface area contributed by atoms with Gasteiger partial charge in [0, 0.05) is 0 Å². The van der Waals surface area contributed by atoms with E-state index in [0.29, 0.717) is 0 Å². The number of hydrogen-bond donors (Lipinski definition) is 0. The molecule has 0 aliphatic heterocycles. The minimum atomic E-state index is -0.329. The Bertz CT molecular complexity index is 42.2. The molecule has 5 heavy (non-hydrogen) atoms. The Balaban J connectivity index is 2.85. The summed E-state index contributed by atoms with van der Waals surface area (Å²) in [6, 6.07) is 0. The maximum atomic E-state index is 9.51. The SMILES string of the molecule is [CH2+]C(=O)C[NH-]. The van der Waals surface area contributed by atoms with Gasteiger partial charge in [0.1, 0.15) is 6.92 Å². The van der Waals surface area contributed by atoms with Crippen LogP contribution in [0.2, 0.25) is 0 Å². The molecule has 2 nitrogen and oxygen atoms in total. The van der Waals surface area contributed by atoms with Crippen LogP contribution in [-0.4, -0.2) is 12.3 Å². The Kier molecular flexibility index (Phi) is 1.61. The number of nitrogens with one attached hydrogen (secondary N) is 1. The monoisotopic (exact) mass is 71.0 g/mol. The summed E-state index contributed by atoms with van der Waals surface area (Å²) in [4.78, 5) is 9.51. The van der Waals surface area contributed by atoms with Gasteiger partial charge in [-0.2, -0.15) is 0 Å². The van der Waals surface area contributed by atoms with Gasteiger partial charge >= 0.3 is 0 Å². The van der Waals surface area contributed by atoms with Gasteiger partial charge in [0.05, 0.1) is 0 Å². The predicted octanol–water partition coefficient (Wildman–Crippen LogP) is 0.442. The Morgan fingerprint density at radius 2 is 2.20 bits per heavy atom. The molecule has 0 saturated carbocycles. The summed E-state index contributed by atoms with van der Waals surface area (Å²) in [6.45, 7) is 2.74. The first-order valence-corrected chi connectivity index (χ1v) is 1.26. The molecule has 0 aromatic carbocycles. The minimum absolute atomic E-state index is 0.194. The Morgan fingerprint density at radius 1 is 2.00 bits per heavy atom. The lowest BCUT2D eigenvalue weighted by atomic mass is 10.5. The molecule has 0 unspecified atom stereocenters. The molecular weight excluding hydrogens is 66.0 g/mol. The number of ketones is 1. The fourth-order valence-corrected chi connectivity index (χ4v) is 0. The van der Waals surface area contributed by atoms with Crippen molar-refractivity contribution in [3.63, 3.8) is 0 Å². The standard InChI is InChI=1S/C3H5NO/c1-3(5)2-4/h4H,1-2H2. The Labute approximate surface area is 31.0 Å². The van der Waals surface area contributed by atoms with Gasteiger partial charge in [-0.25, -0.2) is 4.79 Å². The quantitative estimate of drug-likeness (QED) is 0.413. The summed E-state index contributed by atoms with van der Waals surface area (Å²) >= 11 is 0. The number of carbonyl (C=O) groups excluding carboxylic acids is 1. The molecule has 0 saturated heterocycles. The molecule has 0 aromatic heterocycles. The lowest BCUT2D eigenvalue weighted by Crippen LogP contribution is -1.89. The van der Waals surface area contributed by atoms with Crippen molar-refractivity contribution in [2.45, 2.75) is 0 Å². The van der Waals surface area contributed by atoms with E-state index in [1.165, 1.54) is 0 Å². The largest absolute Gasteiger partial charge is 0.667 e. The third-order valence-electron chi connectivity index (χ3n) is 0.197.